The fraction of sp³-hybridized carbons (Fsp3) is 0.0909. The maximum atomic E-state index is 14.3. The summed E-state index contributed by atoms with van der Waals surface area (Å²) in [6.07, 6.45) is 12.4. The molecule has 2 unspecified atom stereocenters. The van der Waals surface area contributed by atoms with Crippen LogP contribution in [0.25, 0.3) is 43.1 Å². The molecule has 0 aromatic heterocycles. The van der Waals surface area contributed by atoms with E-state index in [9.17, 15) is 19.2 Å². The molecule has 6 heteroatoms. The van der Waals surface area contributed by atoms with Crippen LogP contribution >= 0.6 is 0 Å². The highest BCUT2D eigenvalue weighted by molar-refractivity contribution is 6.42. The minimum atomic E-state index is -0.523. The first-order chi connectivity index (χ1) is 24.3. The molecule has 2 atom stereocenters. The Kier molecular flexibility index (Phi) is 6.09. The highest BCUT2D eigenvalue weighted by Crippen LogP contribution is 2.49. The molecule has 7 aromatic carbocycles. The van der Waals surface area contributed by atoms with Crippen molar-refractivity contribution in [3.05, 3.63) is 142 Å². The lowest BCUT2D eigenvalue weighted by Crippen LogP contribution is -2.42. The second-order valence-electron chi connectivity index (χ2n) is 12.9. The van der Waals surface area contributed by atoms with Crippen molar-refractivity contribution in [3.63, 3.8) is 0 Å². The van der Waals surface area contributed by atoms with Gasteiger partial charge in [0.2, 0.25) is 0 Å². The molecule has 236 valence electrons. The highest BCUT2D eigenvalue weighted by atomic mass is 16.2. The highest BCUT2D eigenvalue weighted by Gasteiger charge is 2.40. The third-order valence-corrected chi connectivity index (χ3v) is 10.6. The van der Waals surface area contributed by atoms with Crippen molar-refractivity contribution in [1.29, 1.82) is 0 Å². The van der Waals surface area contributed by atoms with E-state index in [1.54, 1.807) is 24.3 Å². The van der Waals surface area contributed by atoms with Crippen molar-refractivity contribution in [3.8, 4) is 24.7 Å². The second-order valence-corrected chi connectivity index (χ2v) is 12.9. The van der Waals surface area contributed by atoms with Crippen molar-refractivity contribution in [2.75, 3.05) is 0 Å². The molecule has 0 saturated heterocycles. The maximum Gasteiger partial charge on any atom is 0.262 e. The van der Waals surface area contributed by atoms with Crippen molar-refractivity contribution in [2.24, 2.45) is 0 Å². The summed E-state index contributed by atoms with van der Waals surface area (Å²) in [5.74, 6) is 3.94. The monoisotopic (exact) mass is 646 g/mol. The molecule has 0 radical (unpaired) electrons. The fourth-order valence-electron chi connectivity index (χ4n) is 8.20. The van der Waals surface area contributed by atoms with Gasteiger partial charge in [-0.1, -0.05) is 84.6 Å². The zero-order valence-corrected chi connectivity index (χ0v) is 27.1. The largest absolute Gasteiger partial charge is 0.269 e. The van der Waals surface area contributed by atoms with Gasteiger partial charge < -0.3 is 0 Å². The van der Waals surface area contributed by atoms with E-state index >= 15 is 0 Å². The molecule has 0 fully saturated rings. The molecule has 0 bridgehead atoms. The number of carbonyl (C=O) groups excluding carboxylic acids is 4. The molecule has 2 heterocycles. The van der Waals surface area contributed by atoms with E-state index in [4.69, 9.17) is 12.8 Å². The fourth-order valence-corrected chi connectivity index (χ4v) is 8.20. The molecule has 2 aliphatic heterocycles. The summed E-state index contributed by atoms with van der Waals surface area (Å²) in [5, 5.41) is 5.03. The van der Waals surface area contributed by atoms with Crippen LogP contribution in [-0.2, 0) is 0 Å². The standard InChI is InChI=1S/C44H26N2O4/c1-5-25-21-33-37-31(41(47)45(43(33)49)23(3)27-13-9-7-10-14-27)20-18-30-36-26(6-2)22-34-38-32(19-17-29(40(36)38)35(25)39(30)37)42(48)46(44(34)50)24(4)28-15-11-8-12-16-28/h1-2,7-24H,3-4H3. The van der Waals surface area contributed by atoms with Gasteiger partial charge in [0.1, 0.15) is 0 Å². The number of carbonyl (C=O) groups is 4. The van der Waals surface area contributed by atoms with Gasteiger partial charge in [0.25, 0.3) is 23.6 Å². The first-order valence-electron chi connectivity index (χ1n) is 16.3. The number of fused-ring (bicyclic) bond motifs is 2. The average molecular weight is 647 g/mol. The molecule has 6 nitrogen and oxygen atoms in total. The number of hydrogen-bond acceptors (Lipinski definition) is 4. The zero-order valence-electron chi connectivity index (χ0n) is 27.1. The molecule has 50 heavy (non-hydrogen) atoms. The lowest BCUT2D eigenvalue weighted by Gasteiger charge is -2.34. The van der Waals surface area contributed by atoms with Crippen molar-refractivity contribution in [1.82, 2.24) is 9.80 Å². The summed E-state index contributed by atoms with van der Waals surface area (Å²) in [6, 6.07) is 28.3. The van der Waals surface area contributed by atoms with Gasteiger partial charge in [-0.05, 0) is 60.0 Å². The van der Waals surface area contributed by atoms with Crippen LogP contribution in [0.2, 0.25) is 0 Å². The Hall–Kier alpha value is -6.76. The van der Waals surface area contributed by atoms with Crippen LogP contribution in [0.15, 0.2) is 97.1 Å². The first kappa shape index (κ1) is 29.4. The third-order valence-electron chi connectivity index (χ3n) is 10.6. The quantitative estimate of drug-likeness (QED) is 0.0833. The summed E-state index contributed by atoms with van der Waals surface area (Å²) in [5.41, 5.74) is 4.02. The number of benzene rings is 7. The van der Waals surface area contributed by atoms with Gasteiger partial charge in [-0.3, -0.25) is 29.0 Å². The lowest BCUT2D eigenvalue weighted by atomic mass is 9.79. The van der Waals surface area contributed by atoms with Gasteiger partial charge in [-0.25, -0.2) is 0 Å². The second kappa shape index (κ2) is 10.4. The summed E-state index contributed by atoms with van der Waals surface area (Å²) < 4.78 is 0. The molecule has 7 aromatic rings. The van der Waals surface area contributed by atoms with Crippen LogP contribution in [0.3, 0.4) is 0 Å². The van der Waals surface area contributed by atoms with E-state index in [2.05, 4.69) is 11.8 Å². The van der Waals surface area contributed by atoms with E-state index in [1.165, 1.54) is 9.80 Å². The first-order valence-corrected chi connectivity index (χ1v) is 16.3. The van der Waals surface area contributed by atoms with E-state index in [-0.39, 0.29) is 0 Å². The Labute approximate surface area is 287 Å². The predicted octanol–water partition coefficient (Wildman–Crippen LogP) is 8.41. The summed E-state index contributed by atoms with van der Waals surface area (Å²) in [7, 11) is 0. The molecule has 0 aliphatic carbocycles. The Bertz CT molecular complexity index is 2590. The number of imide groups is 2. The normalized spacial score (nSPS) is 15.3. The van der Waals surface area contributed by atoms with Gasteiger partial charge in [0.15, 0.2) is 0 Å². The van der Waals surface area contributed by atoms with Crippen LogP contribution in [0.5, 0.6) is 0 Å². The molecule has 2 aliphatic rings. The lowest BCUT2D eigenvalue weighted by molar-refractivity contribution is 0.0534. The minimum absolute atomic E-state index is 0.336. The Morgan fingerprint density at radius 2 is 0.820 bits per heavy atom. The Morgan fingerprint density at radius 1 is 0.460 bits per heavy atom. The Morgan fingerprint density at radius 3 is 1.18 bits per heavy atom. The maximum absolute atomic E-state index is 14.3. The summed E-state index contributed by atoms with van der Waals surface area (Å²) in [6.45, 7) is 3.67. The summed E-state index contributed by atoms with van der Waals surface area (Å²) in [4.78, 5) is 59.6. The molecule has 4 amide bonds. The molecule has 0 spiro atoms. The van der Waals surface area contributed by atoms with Crippen LogP contribution in [-0.4, -0.2) is 33.4 Å². The van der Waals surface area contributed by atoms with Crippen LogP contribution in [0.4, 0.5) is 0 Å². The van der Waals surface area contributed by atoms with Gasteiger partial charge >= 0.3 is 0 Å². The van der Waals surface area contributed by atoms with Gasteiger partial charge in [-0.15, -0.1) is 12.8 Å². The molecular formula is C44H26N2O4. The SMILES string of the molecule is C#Cc1cc2c3c(ccc4c5c(C#C)cc6c7c(ccc(c1c34)c75)C(=O)N(C(C)c1ccccc1)C6=O)C(=O)N(C(C)c1ccccc1)C2=O. The minimum Gasteiger partial charge on any atom is -0.269 e. The van der Waals surface area contributed by atoms with E-state index in [0.29, 0.717) is 76.5 Å². The smallest absolute Gasteiger partial charge is 0.262 e. The predicted molar refractivity (Wildman–Crippen MR) is 194 cm³/mol. The molecule has 9 rings (SSSR count). The number of nitrogens with zero attached hydrogens (tertiary/aromatic N) is 2. The molecular weight excluding hydrogens is 620 g/mol. The van der Waals surface area contributed by atoms with Gasteiger partial charge in [0, 0.05) is 65.7 Å². The van der Waals surface area contributed by atoms with E-state index in [1.807, 2.05) is 86.6 Å². The number of terminal acetylenes is 2. The number of amides is 4. The molecule has 0 N–H and O–H groups in total. The van der Waals surface area contributed by atoms with Gasteiger partial charge in [-0.2, -0.15) is 0 Å². The van der Waals surface area contributed by atoms with Crippen molar-refractivity contribution < 1.29 is 19.2 Å². The third kappa shape index (κ3) is 3.65. The summed E-state index contributed by atoms with van der Waals surface area (Å²) >= 11 is 0. The van der Waals surface area contributed by atoms with Crippen LogP contribution in [0, 0.1) is 24.7 Å². The Balaban J connectivity index is 1.35. The van der Waals surface area contributed by atoms with Crippen LogP contribution in [0.1, 0.15) is 89.6 Å². The topological polar surface area (TPSA) is 74.8 Å². The number of rotatable bonds is 4. The van der Waals surface area contributed by atoms with Gasteiger partial charge in [0.05, 0.1) is 12.1 Å². The van der Waals surface area contributed by atoms with Crippen LogP contribution < -0.4 is 0 Å². The van der Waals surface area contributed by atoms with E-state index in [0.717, 1.165) is 11.1 Å². The average Bonchev–Trinajstić information content (AvgIpc) is 3.15. The number of hydrogen-bond donors (Lipinski definition) is 0. The zero-order chi connectivity index (χ0) is 34.6. The van der Waals surface area contributed by atoms with Crippen molar-refractivity contribution in [2.45, 2.75) is 25.9 Å². The van der Waals surface area contributed by atoms with Crippen molar-refractivity contribution >= 4 is 66.7 Å². The molecule has 0 saturated carbocycles. The van der Waals surface area contributed by atoms with E-state index < -0.39 is 35.7 Å².